The van der Waals surface area contributed by atoms with E-state index in [2.05, 4.69) is 132 Å². The molecule has 6 rings (SSSR count). The number of nitrogens with zero attached hydrogens (tertiary/aromatic N) is 1. The van der Waals surface area contributed by atoms with Crippen molar-refractivity contribution < 1.29 is 0 Å². The van der Waals surface area contributed by atoms with E-state index in [9.17, 15) is 0 Å². The molecule has 1 nitrogen and oxygen atoms in total. The maximum Gasteiger partial charge on any atom is 0.0420 e. The van der Waals surface area contributed by atoms with Gasteiger partial charge in [-0.15, -0.1) is 11.3 Å². The van der Waals surface area contributed by atoms with E-state index < -0.39 is 0 Å². The van der Waals surface area contributed by atoms with Crippen LogP contribution in [0.4, 0.5) is 11.4 Å². The highest BCUT2D eigenvalue weighted by molar-refractivity contribution is 7.25. The fourth-order valence-electron chi connectivity index (χ4n) is 7.03. The van der Waals surface area contributed by atoms with Gasteiger partial charge in [0, 0.05) is 43.0 Å². The number of hydrogen-bond donors (Lipinski definition) is 0. The van der Waals surface area contributed by atoms with E-state index in [0.717, 1.165) is 6.42 Å². The van der Waals surface area contributed by atoms with E-state index in [-0.39, 0.29) is 10.8 Å². The van der Waals surface area contributed by atoms with E-state index in [0.29, 0.717) is 6.04 Å². The molecule has 0 bridgehead atoms. The smallest absolute Gasteiger partial charge is 0.0420 e. The maximum absolute atomic E-state index is 2.56. The molecule has 0 saturated carbocycles. The third-order valence-corrected chi connectivity index (χ3v) is 11.0. The second kappa shape index (κ2) is 10.1. The summed E-state index contributed by atoms with van der Waals surface area (Å²) in [5.74, 6) is 0. The number of rotatable bonds is 8. The quantitative estimate of drug-likeness (QED) is 0.187. The van der Waals surface area contributed by atoms with Crippen LogP contribution < -0.4 is 4.90 Å². The third kappa shape index (κ3) is 4.18. The zero-order valence-corrected chi connectivity index (χ0v) is 26.1. The van der Waals surface area contributed by atoms with Gasteiger partial charge in [0.25, 0.3) is 0 Å². The molecule has 2 atom stereocenters. The summed E-state index contributed by atoms with van der Waals surface area (Å²) in [4.78, 5) is 2.56. The van der Waals surface area contributed by atoms with Crippen molar-refractivity contribution in [3.8, 4) is 11.1 Å². The van der Waals surface area contributed by atoms with Crippen molar-refractivity contribution in [3.63, 3.8) is 0 Å². The summed E-state index contributed by atoms with van der Waals surface area (Å²) in [7, 11) is 0. The molecule has 1 aliphatic carbocycles. The summed E-state index contributed by atoms with van der Waals surface area (Å²) in [5.41, 5.74) is 9.99. The lowest BCUT2D eigenvalue weighted by Gasteiger charge is -2.33. The average molecular weight is 546 g/mol. The van der Waals surface area contributed by atoms with Crippen LogP contribution in [-0.2, 0) is 10.8 Å². The van der Waals surface area contributed by atoms with Crippen molar-refractivity contribution in [2.75, 3.05) is 4.90 Å². The highest BCUT2D eigenvalue weighted by Gasteiger charge is 2.37. The molecular weight excluding hydrogens is 502 g/mol. The summed E-state index contributed by atoms with van der Waals surface area (Å²) in [6.45, 7) is 16.6. The lowest BCUT2D eigenvalue weighted by molar-refractivity contribution is 0.413. The summed E-state index contributed by atoms with van der Waals surface area (Å²) in [6, 6.07) is 30.8. The zero-order chi connectivity index (χ0) is 28.2. The molecule has 2 unspecified atom stereocenters. The van der Waals surface area contributed by atoms with Crippen LogP contribution in [0, 0.1) is 0 Å². The van der Waals surface area contributed by atoms with Gasteiger partial charge in [0.15, 0.2) is 0 Å². The van der Waals surface area contributed by atoms with E-state index in [1.807, 2.05) is 11.3 Å². The molecule has 0 fully saturated rings. The van der Waals surface area contributed by atoms with Gasteiger partial charge in [0.1, 0.15) is 0 Å². The molecule has 1 aromatic heterocycles. The molecule has 2 heteroatoms. The minimum atomic E-state index is -0.0355. The first-order chi connectivity index (χ1) is 19.2. The summed E-state index contributed by atoms with van der Waals surface area (Å²) >= 11 is 1.89. The fraction of sp³-hybridized carbons (Fsp3) is 0.368. The van der Waals surface area contributed by atoms with E-state index >= 15 is 0 Å². The Kier molecular flexibility index (Phi) is 6.82. The number of anilines is 2. The van der Waals surface area contributed by atoms with Crippen LogP contribution in [0.2, 0.25) is 0 Å². The number of hydrogen-bond acceptors (Lipinski definition) is 2. The van der Waals surface area contributed by atoms with Crippen LogP contribution in [0.15, 0.2) is 78.9 Å². The van der Waals surface area contributed by atoms with Crippen molar-refractivity contribution in [3.05, 3.63) is 95.6 Å². The second-order valence-electron chi connectivity index (χ2n) is 12.7. The van der Waals surface area contributed by atoms with Crippen LogP contribution >= 0.6 is 11.3 Å². The third-order valence-electron chi connectivity index (χ3n) is 9.89. The van der Waals surface area contributed by atoms with Gasteiger partial charge in [-0.1, -0.05) is 90.4 Å². The first-order valence-electron chi connectivity index (χ1n) is 15.2. The molecule has 1 aliphatic rings. The predicted molar refractivity (Wildman–Crippen MR) is 178 cm³/mol. The largest absolute Gasteiger partial charge is 0.339 e. The molecular formula is C38H43NS. The molecule has 0 radical (unpaired) electrons. The fourth-order valence-corrected chi connectivity index (χ4v) is 8.12. The molecule has 5 aromatic rings. The Morgan fingerprint density at radius 2 is 1.43 bits per heavy atom. The molecule has 40 heavy (non-hydrogen) atoms. The van der Waals surface area contributed by atoms with Crippen molar-refractivity contribution in [2.24, 2.45) is 0 Å². The highest BCUT2D eigenvalue weighted by atomic mass is 32.1. The predicted octanol–water partition coefficient (Wildman–Crippen LogP) is 11.8. The number of benzene rings is 4. The number of fused-ring (bicyclic) bond motifs is 6. The first kappa shape index (κ1) is 27.1. The zero-order valence-electron chi connectivity index (χ0n) is 25.3. The van der Waals surface area contributed by atoms with E-state index in [1.165, 1.54) is 78.6 Å². The van der Waals surface area contributed by atoms with Crippen LogP contribution in [0.25, 0.3) is 31.3 Å². The van der Waals surface area contributed by atoms with Crippen LogP contribution in [0.1, 0.15) is 90.8 Å². The Morgan fingerprint density at radius 1 is 0.775 bits per heavy atom. The molecule has 4 aromatic carbocycles. The molecule has 1 heterocycles. The van der Waals surface area contributed by atoms with Crippen molar-refractivity contribution in [1.29, 1.82) is 0 Å². The van der Waals surface area contributed by atoms with Gasteiger partial charge in [-0.25, -0.2) is 0 Å². The Hall–Kier alpha value is -3.10. The van der Waals surface area contributed by atoms with Gasteiger partial charge < -0.3 is 4.90 Å². The monoisotopic (exact) mass is 545 g/mol. The standard InChI is InChI=1S/C38H43NS/c1-8-21-38(7,10-3)26-15-18-29-30-19-16-28(24-34(30)37(5,6)33(29)22-26)39(25(4)9-2)27-17-20-36-32(23-27)31-13-11-12-14-35(31)40-36/h11-20,22-25H,8-10,21H2,1-7H3. The minimum absolute atomic E-state index is 0.0355. The van der Waals surface area contributed by atoms with E-state index in [4.69, 9.17) is 0 Å². The van der Waals surface area contributed by atoms with Gasteiger partial charge in [0.05, 0.1) is 0 Å². The summed E-state index contributed by atoms with van der Waals surface area (Å²) < 4.78 is 2.72. The van der Waals surface area contributed by atoms with Crippen molar-refractivity contribution >= 4 is 42.9 Å². The Balaban J connectivity index is 1.45. The molecule has 0 amide bonds. The van der Waals surface area contributed by atoms with Gasteiger partial charge in [-0.2, -0.15) is 0 Å². The molecule has 0 aliphatic heterocycles. The van der Waals surface area contributed by atoms with Crippen LogP contribution in [0.3, 0.4) is 0 Å². The Morgan fingerprint density at radius 3 is 2.15 bits per heavy atom. The van der Waals surface area contributed by atoms with Gasteiger partial charge in [-0.3, -0.25) is 0 Å². The SMILES string of the molecule is CCCC(C)(CC)c1ccc2c(c1)C(C)(C)c1cc(N(c3ccc4sc5ccccc5c4c3)C(C)CC)ccc1-2. The maximum atomic E-state index is 2.56. The van der Waals surface area contributed by atoms with Crippen molar-refractivity contribution in [1.82, 2.24) is 0 Å². The molecule has 0 spiro atoms. The van der Waals surface area contributed by atoms with Gasteiger partial charge in [0.2, 0.25) is 0 Å². The van der Waals surface area contributed by atoms with Gasteiger partial charge in [-0.05, 0) is 95.8 Å². The molecule has 206 valence electrons. The normalized spacial score (nSPS) is 16.1. The minimum Gasteiger partial charge on any atom is -0.339 e. The van der Waals surface area contributed by atoms with Crippen molar-refractivity contribution in [2.45, 2.75) is 91.0 Å². The summed E-state index contributed by atoms with van der Waals surface area (Å²) in [5, 5.41) is 2.72. The topological polar surface area (TPSA) is 3.24 Å². The highest BCUT2D eigenvalue weighted by Crippen LogP contribution is 2.51. The lowest BCUT2D eigenvalue weighted by atomic mass is 9.74. The first-order valence-corrected chi connectivity index (χ1v) is 16.0. The molecule has 0 N–H and O–H groups in total. The van der Waals surface area contributed by atoms with Crippen LogP contribution in [0.5, 0.6) is 0 Å². The Bertz CT molecular complexity index is 1710. The second-order valence-corrected chi connectivity index (χ2v) is 13.8. The molecule has 0 saturated heterocycles. The average Bonchev–Trinajstić information content (AvgIpc) is 3.45. The summed E-state index contributed by atoms with van der Waals surface area (Å²) in [6.07, 6.45) is 4.70. The van der Waals surface area contributed by atoms with E-state index in [1.54, 1.807) is 0 Å². The Labute approximate surface area is 244 Å². The lowest BCUT2D eigenvalue weighted by Crippen LogP contribution is -2.28. The van der Waals surface area contributed by atoms with Gasteiger partial charge >= 0.3 is 0 Å². The van der Waals surface area contributed by atoms with Crippen LogP contribution in [-0.4, -0.2) is 6.04 Å². The number of thiophene rings is 1.